The minimum Gasteiger partial charge on any atom is -0.331 e. The molecule has 2 unspecified atom stereocenters. The summed E-state index contributed by atoms with van der Waals surface area (Å²) in [6.45, 7) is 11.7. The second-order valence-corrected chi connectivity index (χ2v) is 8.05. The van der Waals surface area contributed by atoms with Crippen LogP contribution in [-0.4, -0.2) is 47.9 Å². The first-order valence-electron chi connectivity index (χ1n) is 10.1. The average Bonchev–Trinajstić information content (AvgIpc) is 3.07. The van der Waals surface area contributed by atoms with E-state index in [1.54, 1.807) is 11.0 Å². The summed E-state index contributed by atoms with van der Waals surface area (Å²) in [7, 11) is 0. The molecule has 2 aliphatic rings. The number of allylic oxidation sites excluding steroid dienone is 3. The number of carbonyl (C=O) groups excluding carboxylic acids is 2. The predicted molar refractivity (Wildman–Crippen MR) is 115 cm³/mol. The lowest BCUT2D eigenvalue weighted by molar-refractivity contribution is -0.171. The van der Waals surface area contributed by atoms with Crippen molar-refractivity contribution in [3.05, 3.63) is 71.3 Å². The van der Waals surface area contributed by atoms with Gasteiger partial charge in [0.15, 0.2) is 0 Å². The van der Waals surface area contributed by atoms with Crippen LogP contribution in [0.2, 0.25) is 0 Å². The highest BCUT2D eigenvalue weighted by molar-refractivity contribution is 6.09. The zero-order chi connectivity index (χ0) is 23.6. The van der Waals surface area contributed by atoms with Crippen molar-refractivity contribution in [1.82, 2.24) is 15.5 Å². The van der Waals surface area contributed by atoms with Gasteiger partial charge in [0.2, 0.25) is 0 Å². The minimum atomic E-state index is -5.10. The van der Waals surface area contributed by atoms with Gasteiger partial charge in [-0.15, -0.1) is 0 Å². The van der Waals surface area contributed by atoms with Crippen molar-refractivity contribution in [3.63, 3.8) is 0 Å². The molecule has 0 saturated carbocycles. The molecule has 1 aromatic rings. The van der Waals surface area contributed by atoms with Crippen molar-refractivity contribution in [3.8, 4) is 0 Å². The number of fused-ring (bicyclic) bond motifs is 1. The molecule has 9 heteroatoms. The molecule has 32 heavy (non-hydrogen) atoms. The number of piperidine rings is 1. The van der Waals surface area contributed by atoms with Crippen molar-refractivity contribution >= 4 is 17.6 Å². The second-order valence-electron chi connectivity index (χ2n) is 8.05. The molecule has 0 radical (unpaired) electrons. The molecule has 3 rings (SSSR count). The molecule has 0 aliphatic carbocycles. The smallest absolute Gasteiger partial charge is 0.331 e. The summed E-state index contributed by atoms with van der Waals surface area (Å²) in [5.74, 6) is -3.18. The Balaban J connectivity index is 1.79. The van der Waals surface area contributed by atoms with Crippen LogP contribution in [0.1, 0.15) is 34.8 Å². The Hall–Kier alpha value is -3.20. The van der Waals surface area contributed by atoms with E-state index in [2.05, 4.69) is 18.5 Å². The summed E-state index contributed by atoms with van der Waals surface area (Å²) >= 11 is 0. The highest BCUT2D eigenvalue weighted by Crippen LogP contribution is 2.33. The van der Waals surface area contributed by atoms with Crippen LogP contribution in [0.3, 0.4) is 0 Å². The van der Waals surface area contributed by atoms with Gasteiger partial charge in [-0.1, -0.05) is 43.0 Å². The number of hydrogen-bond donors (Lipinski definition) is 3. The summed E-state index contributed by atoms with van der Waals surface area (Å²) in [4.78, 5) is 26.1. The van der Waals surface area contributed by atoms with E-state index in [9.17, 15) is 22.8 Å². The summed E-state index contributed by atoms with van der Waals surface area (Å²) in [6.07, 6.45) is -0.583. The molecule has 1 aromatic carbocycles. The van der Waals surface area contributed by atoms with E-state index < -0.39 is 17.9 Å². The normalized spacial score (nSPS) is 20.9. The third-order valence-electron chi connectivity index (χ3n) is 5.63. The number of hydrogen-bond acceptors (Lipinski definition) is 4. The second kappa shape index (κ2) is 9.12. The first kappa shape index (κ1) is 23.5. The largest absolute Gasteiger partial charge is 0.471 e. The number of nitrogens with one attached hydrogen (secondary N) is 3. The monoisotopic (exact) mass is 446 g/mol. The van der Waals surface area contributed by atoms with Crippen LogP contribution < -0.4 is 10.6 Å². The molecule has 0 spiro atoms. The lowest BCUT2D eigenvalue weighted by Crippen LogP contribution is -2.50. The third-order valence-corrected chi connectivity index (χ3v) is 5.63. The van der Waals surface area contributed by atoms with Crippen molar-refractivity contribution in [1.29, 1.82) is 5.41 Å². The topological polar surface area (TPSA) is 85.3 Å². The van der Waals surface area contributed by atoms with E-state index >= 15 is 0 Å². The quantitative estimate of drug-likeness (QED) is 0.369. The molecule has 1 saturated heterocycles. The standard InChI is InChI=1S/C23H25F3N4O2/c1-13(2)4-5-14(3)18-11-28-9-8-19(18)30-12-16-7-6-15(10-17(16)21(30)31)20(27)29-22(32)23(24,25)26/h4-7,10,18-19,28H,1,3,8-9,11-12H2,2H3,(H2,27,29,32)/b5-4-. The van der Waals surface area contributed by atoms with Gasteiger partial charge < -0.3 is 15.5 Å². The van der Waals surface area contributed by atoms with E-state index in [4.69, 9.17) is 5.41 Å². The molecule has 0 bridgehead atoms. The molecular weight excluding hydrogens is 421 g/mol. The maximum atomic E-state index is 13.2. The molecule has 2 aliphatic heterocycles. The molecule has 2 atom stereocenters. The van der Waals surface area contributed by atoms with Gasteiger partial charge in [0.05, 0.1) is 0 Å². The number of alkyl halides is 3. The van der Waals surface area contributed by atoms with E-state index in [-0.39, 0.29) is 23.4 Å². The molecular formula is C23H25F3N4O2. The average molecular weight is 446 g/mol. The zero-order valence-corrected chi connectivity index (χ0v) is 17.7. The molecule has 2 heterocycles. The fraction of sp³-hybridized carbons (Fsp3) is 0.348. The molecule has 170 valence electrons. The van der Waals surface area contributed by atoms with E-state index in [0.29, 0.717) is 18.7 Å². The van der Waals surface area contributed by atoms with Crippen LogP contribution in [0.15, 0.2) is 54.7 Å². The van der Waals surface area contributed by atoms with Gasteiger partial charge in [0.1, 0.15) is 5.84 Å². The molecule has 6 nitrogen and oxygen atoms in total. The number of amidine groups is 1. The van der Waals surface area contributed by atoms with Crippen LogP contribution in [0.4, 0.5) is 13.2 Å². The van der Waals surface area contributed by atoms with Gasteiger partial charge in [-0.3, -0.25) is 15.0 Å². The number of amides is 2. The number of rotatable bonds is 5. The highest BCUT2D eigenvalue weighted by atomic mass is 19.4. The number of nitrogens with zero attached hydrogens (tertiary/aromatic N) is 1. The van der Waals surface area contributed by atoms with Crippen LogP contribution in [0, 0.1) is 11.3 Å². The Kier molecular flexibility index (Phi) is 6.68. The fourth-order valence-corrected chi connectivity index (χ4v) is 3.97. The Morgan fingerprint density at radius 2 is 2.03 bits per heavy atom. The number of carbonyl (C=O) groups is 2. The molecule has 2 amide bonds. The van der Waals surface area contributed by atoms with E-state index in [0.717, 1.165) is 29.7 Å². The van der Waals surface area contributed by atoms with Crippen LogP contribution in [-0.2, 0) is 11.3 Å². The van der Waals surface area contributed by atoms with Gasteiger partial charge in [-0.2, -0.15) is 13.2 Å². The Labute approximate surface area is 184 Å². The zero-order valence-electron chi connectivity index (χ0n) is 17.7. The Bertz CT molecular complexity index is 1010. The van der Waals surface area contributed by atoms with Gasteiger partial charge in [-0.05, 0) is 37.1 Å². The van der Waals surface area contributed by atoms with Crippen LogP contribution in [0.25, 0.3) is 0 Å². The van der Waals surface area contributed by atoms with Crippen LogP contribution >= 0.6 is 0 Å². The number of benzene rings is 1. The lowest BCUT2D eigenvalue weighted by atomic mass is 9.86. The molecule has 0 aromatic heterocycles. The SMILES string of the molecule is C=C(C)/C=C\C(=C)C1CNCCC1N1Cc2ccc(C(=N)NC(=O)C(F)(F)F)cc2C1=O. The maximum absolute atomic E-state index is 13.2. The number of halogens is 3. The summed E-state index contributed by atoms with van der Waals surface area (Å²) in [6, 6.07) is 4.32. The van der Waals surface area contributed by atoms with Gasteiger partial charge in [-0.25, -0.2) is 0 Å². The minimum absolute atomic E-state index is 0.00135. The third kappa shape index (κ3) is 4.99. The van der Waals surface area contributed by atoms with E-state index in [1.165, 1.54) is 17.4 Å². The first-order valence-corrected chi connectivity index (χ1v) is 10.1. The lowest BCUT2D eigenvalue weighted by Gasteiger charge is -2.38. The molecule has 3 N–H and O–H groups in total. The van der Waals surface area contributed by atoms with Crippen molar-refractivity contribution in [2.75, 3.05) is 13.1 Å². The Morgan fingerprint density at radius 1 is 1.31 bits per heavy atom. The first-order chi connectivity index (χ1) is 15.0. The van der Waals surface area contributed by atoms with Gasteiger partial charge in [0, 0.05) is 36.2 Å². The summed E-state index contributed by atoms with van der Waals surface area (Å²) in [5.41, 5.74) is 2.87. The highest BCUT2D eigenvalue weighted by Gasteiger charge is 2.40. The van der Waals surface area contributed by atoms with Crippen molar-refractivity contribution in [2.45, 2.75) is 32.1 Å². The Morgan fingerprint density at radius 3 is 2.69 bits per heavy atom. The maximum Gasteiger partial charge on any atom is 0.471 e. The summed E-state index contributed by atoms with van der Waals surface area (Å²) in [5, 5.41) is 12.6. The molecule has 1 fully saturated rings. The van der Waals surface area contributed by atoms with E-state index in [1.807, 2.05) is 19.1 Å². The van der Waals surface area contributed by atoms with Crippen molar-refractivity contribution < 1.29 is 22.8 Å². The van der Waals surface area contributed by atoms with Gasteiger partial charge in [0.25, 0.3) is 5.91 Å². The van der Waals surface area contributed by atoms with Crippen molar-refractivity contribution in [2.24, 2.45) is 5.92 Å². The summed E-state index contributed by atoms with van der Waals surface area (Å²) < 4.78 is 37.4. The van der Waals surface area contributed by atoms with Crippen LogP contribution in [0.5, 0.6) is 0 Å². The predicted octanol–water partition coefficient (Wildman–Crippen LogP) is 3.31. The fourth-order valence-electron chi connectivity index (χ4n) is 3.97. The van der Waals surface area contributed by atoms with Gasteiger partial charge >= 0.3 is 12.1 Å².